The molecule has 0 saturated heterocycles. The second-order valence-corrected chi connectivity index (χ2v) is 9.17. The maximum atomic E-state index is 13.0. The topological polar surface area (TPSA) is 152 Å². The van der Waals surface area contributed by atoms with E-state index in [4.69, 9.17) is 33.2 Å². The number of benzene rings is 3. The zero-order valence-corrected chi connectivity index (χ0v) is 26.1. The van der Waals surface area contributed by atoms with Gasteiger partial charge in [-0.15, -0.1) is 0 Å². The molecule has 3 rings (SSSR count). The maximum Gasteiger partial charge on any atom is 0.343 e. The lowest BCUT2D eigenvalue weighted by Crippen LogP contribution is -2.26. The van der Waals surface area contributed by atoms with Crippen LogP contribution in [0.2, 0.25) is 0 Å². The van der Waals surface area contributed by atoms with Crippen molar-refractivity contribution in [2.45, 2.75) is 19.8 Å². The van der Waals surface area contributed by atoms with Gasteiger partial charge in [0.25, 0.3) is 5.91 Å². The lowest BCUT2D eigenvalue weighted by Gasteiger charge is -2.15. The van der Waals surface area contributed by atoms with Gasteiger partial charge in [-0.1, -0.05) is 0 Å². The van der Waals surface area contributed by atoms with Gasteiger partial charge in [0.05, 0.1) is 53.9 Å². The van der Waals surface area contributed by atoms with Crippen LogP contribution in [0, 0.1) is 0 Å². The highest BCUT2D eigenvalue weighted by Gasteiger charge is 2.20. The largest absolute Gasteiger partial charge is 0.493 e. The van der Waals surface area contributed by atoms with Crippen LogP contribution >= 0.6 is 0 Å². The van der Waals surface area contributed by atoms with Crippen molar-refractivity contribution in [3.8, 4) is 40.2 Å². The first-order chi connectivity index (χ1) is 21.8. The molecule has 240 valence electrons. The Labute approximate surface area is 261 Å². The Balaban J connectivity index is 1.54. The van der Waals surface area contributed by atoms with Crippen molar-refractivity contribution in [3.05, 3.63) is 65.2 Å². The molecule has 3 aromatic rings. The van der Waals surface area contributed by atoms with Gasteiger partial charge in [-0.05, 0) is 67.4 Å². The Hall–Kier alpha value is -5.46. The van der Waals surface area contributed by atoms with Crippen LogP contribution in [-0.2, 0) is 4.79 Å². The number of rotatable bonds is 16. The fraction of sp³-hybridized carbons (Fsp3) is 0.312. The molecule has 0 aliphatic heterocycles. The molecule has 0 bridgehead atoms. The predicted molar refractivity (Wildman–Crippen MR) is 166 cm³/mol. The van der Waals surface area contributed by atoms with Crippen LogP contribution in [-0.4, -0.2) is 72.7 Å². The quantitative estimate of drug-likeness (QED) is 0.0787. The highest BCUT2D eigenvalue weighted by molar-refractivity contribution is 5.95. The van der Waals surface area contributed by atoms with Gasteiger partial charge >= 0.3 is 5.97 Å². The first-order valence-corrected chi connectivity index (χ1v) is 13.9. The summed E-state index contributed by atoms with van der Waals surface area (Å²) < 4.78 is 37.6. The van der Waals surface area contributed by atoms with Crippen molar-refractivity contribution in [2.75, 3.05) is 48.7 Å². The standard InChI is InChI=1S/C32H37N3O10/c1-7-44-26-15-20(10-12-24(26)45-32(38)22-17-27(41-4)30(43-6)28(18-22)42-5)19-34-35-29(36)9-8-14-33-31(37)21-11-13-23(39-2)25(16-21)40-3/h10-13,15-19H,7-9,14H2,1-6H3,(H,33,37)(H,35,36)/b34-19+. The molecule has 13 nitrogen and oxygen atoms in total. The second-order valence-electron chi connectivity index (χ2n) is 9.17. The smallest absolute Gasteiger partial charge is 0.343 e. The van der Waals surface area contributed by atoms with Gasteiger partial charge in [-0.25, -0.2) is 10.2 Å². The molecule has 2 N–H and O–H groups in total. The minimum atomic E-state index is -0.663. The lowest BCUT2D eigenvalue weighted by molar-refractivity contribution is -0.121. The van der Waals surface area contributed by atoms with Crippen molar-refractivity contribution >= 4 is 24.0 Å². The Morgan fingerprint density at radius 3 is 2.00 bits per heavy atom. The number of hydrogen-bond acceptors (Lipinski definition) is 11. The first kappa shape index (κ1) is 34.0. The van der Waals surface area contributed by atoms with E-state index in [2.05, 4.69) is 15.8 Å². The van der Waals surface area contributed by atoms with Gasteiger partial charge in [0.2, 0.25) is 11.7 Å². The predicted octanol–water partition coefficient (Wildman–Crippen LogP) is 4.01. The number of methoxy groups -OCH3 is 5. The number of carbonyl (C=O) groups excluding carboxylic acids is 3. The molecule has 2 amide bonds. The van der Waals surface area contributed by atoms with E-state index in [9.17, 15) is 14.4 Å². The van der Waals surface area contributed by atoms with E-state index < -0.39 is 5.97 Å². The highest BCUT2D eigenvalue weighted by Crippen LogP contribution is 2.39. The second kappa shape index (κ2) is 17.0. The van der Waals surface area contributed by atoms with Gasteiger partial charge in [0, 0.05) is 18.5 Å². The fourth-order valence-electron chi connectivity index (χ4n) is 4.08. The van der Waals surface area contributed by atoms with E-state index in [1.54, 1.807) is 43.3 Å². The van der Waals surface area contributed by atoms with Crippen molar-refractivity contribution in [3.63, 3.8) is 0 Å². The van der Waals surface area contributed by atoms with E-state index in [1.165, 1.54) is 53.9 Å². The maximum absolute atomic E-state index is 13.0. The Morgan fingerprint density at radius 2 is 1.38 bits per heavy atom. The zero-order valence-electron chi connectivity index (χ0n) is 26.1. The molecule has 0 unspecified atom stereocenters. The zero-order chi connectivity index (χ0) is 32.8. The first-order valence-electron chi connectivity index (χ1n) is 13.9. The molecule has 0 heterocycles. The van der Waals surface area contributed by atoms with Gasteiger partial charge in [-0.3, -0.25) is 9.59 Å². The number of hydrogen-bond donors (Lipinski definition) is 2. The van der Waals surface area contributed by atoms with Crippen molar-refractivity contribution < 1.29 is 47.5 Å². The van der Waals surface area contributed by atoms with E-state index in [0.717, 1.165) is 0 Å². The minimum absolute atomic E-state index is 0.142. The highest BCUT2D eigenvalue weighted by atomic mass is 16.6. The summed E-state index contributed by atoms with van der Waals surface area (Å²) in [4.78, 5) is 37.6. The molecule has 0 radical (unpaired) electrons. The summed E-state index contributed by atoms with van der Waals surface area (Å²) in [6.45, 7) is 2.40. The molecule has 0 spiro atoms. The van der Waals surface area contributed by atoms with E-state index in [0.29, 0.717) is 58.7 Å². The van der Waals surface area contributed by atoms with Crippen LogP contribution in [0.15, 0.2) is 53.6 Å². The molecule has 0 fully saturated rings. The van der Waals surface area contributed by atoms with Crippen molar-refractivity contribution in [2.24, 2.45) is 5.10 Å². The molecule has 45 heavy (non-hydrogen) atoms. The summed E-state index contributed by atoms with van der Waals surface area (Å²) >= 11 is 0. The van der Waals surface area contributed by atoms with Crippen LogP contribution in [0.25, 0.3) is 0 Å². The average Bonchev–Trinajstić information content (AvgIpc) is 3.06. The number of esters is 1. The summed E-state index contributed by atoms with van der Waals surface area (Å²) in [5.41, 5.74) is 3.64. The normalized spacial score (nSPS) is 10.5. The van der Waals surface area contributed by atoms with Gasteiger partial charge in [-0.2, -0.15) is 5.10 Å². The number of nitrogens with one attached hydrogen (secondary N) is 2. The molecule has 0 atom stereocenters. The molecular weight excluding hydrogens is 586 g/mol. The van der Waals surface area contributed by atoms with Gasteiger partial charge in [0.1, 0.15) is 0 Å². The summed E-state index contributed by atoms with van der Waals surface area (Å²) in [5.74, 6) is 1.14. The lowest BCUT2D eigenvalue weighted by atomic mass is 10.1. The van der Waals surface area contributed by atoms with E-state index in [1.807, 2.05) is 0 Å². The molecule has 0 aliphatic rings. The average molecular weight is 624 g/mol. The minimum Gasteiger partial charge on any atom is -0.493 e. The third kappa shape index (κ3) is 9.26. The van der Waals surface area contributed by atoms with Crippen LogP contribution in [0.3, 0.4) is 0 Å². The van der Waals surface area contributed by atoms with Gasteiger partial charge in [0.15, 0.2) is 34.5 Å². The fourth-order valence-corrected chi connectivity index (χ4v) is 4.08. The third-order valence-corrected chi connectivity index (χ3v) is 6.29. The van der Waals surface area contributed by atoms with E-state index >= 15 is 0 Å². The van der Waals surface area contributed by atoms with Crippen LogP contribution in [0.5, 0.6) is 40.2 Å². The number of ether oxygens (including phenoxy) is 7. The Bertz CT molecular complexity index is 1500. The summed E-state index contributed by atoms with van der Waals surface area (Å²) in [6.07, 6.45) is 1.98. The molecule has 13 heteroatoms. The molecule has 0 aliphatic carbocycles. The van der Waals surface area contributed by atoms with Crippen LogP contribution in [0.1, 0.15) is 46.0 Å². The molecule has 3 aromatic carbocycles. The molecular formula is C32H37N3O10. The van der Waals surface area contributed by atoms with Crippen molar-refractivity contribution in [1.29, 1.82) is 0 Å². The van der Waals surface area contributed by atoms with Crippen LogP contribution < -0.4 is 43.9 Å². The molecule has 0 aromatic heterocycles. The van der Waals surface area contributed by atoms with Crippen LogP contribution in [0.4, 0.5) is 0 Å². The molecule has 0 saturated carbocycles. The number of carbonyl (C=O) groups is 3. The van der Waals surface area contributed by atoms with Crippen molar-refractivity contribution in [1.82, 2.24) is 10.7 Å². The Morgan fingerprint density at radius 1 is 0.733 bits per heavy atom. The Kier molecular flexibility index (Phi) is 12.9. The third-order valence-electron chi connectivity index (χ3n) is 6.29. The summed E-state index contributed by atoms with van der Waals surface area (Å²) in [5, 5.41) is 6.76. The number of nitrogens with zero attached hydrogens (tertiary/aromatic N) is 1. The number of hydrazone groups is 1. The van der Waals surface area contributed by atoms with E-state index in [-0.39, 0.29) is 36.1 Å². The van der Waals surface area contributed by atoms with Gasteiger partial charge < -0.3 is 38.5 Å². The SMILES string of the molecule is CCOc1cc(/C=N/NC(=O)CCCNC(=O)c2ccc(OC)c(OC)c2)ccc1OC(=O)c1cc(OC)c(OC)c(OC)c1. The summed E-state index contributed by atoms with van der Waals surface area (Å²) in [7, 11) is 7.37. The monoisotopic (exact) mass is 623 g/mol. The number of amides is 2. The summed E-state index contributed by atoms with van der Waals surface area (Å²) in [6, 6.07) is 12.7.